The Labute approximate surface area is 124 Å². The van der Waals surface area contributed by atoms with Crippen LogP contribution in [0, 0.1) is 0 Å². The van der Waals surface area contributed by atoms with E-state index in [0.717, 1.165) is 12.5 Å². The molecule has 1 saturated carbocycles. The molecule has 4 rings (SSSR count). The lowest BCUT2D eigenvalue weighted by atomic mass is 10.1. The van der Waals surface area contributed by atoms with E-state index in [0.29, 0.717) is 0 Å². The lowest BCUT2D eigenvalue weighted by molar-refractivity contribution is 1.10. The molecule has 3 aromatic rings. The molecule has 0 amide bonds. The summed E-state index contributed by atoms with van der Waals surface area (Å²) in [6.45, 7) is 0.854. The molecule has 1 aliphatic carbocycles. The van der Waals surface area contributed by atoms with Gasteiger partial charge >= 0.3 is 0 Å². The van der Waals surface area contributed by atoms with Crippen LogP contribution in [0.5, 0.6) is 0 Å². The first kappa shape index (κ1) is 12.4. The quantitative estimate of drug-likeness (QED) is 0.744. The van der Waals surface area contributed by atoms with Crippen LogP contribution < -0.4 is 5.32 Å². The summed E-state index contributed by atoms with van der Waals surface area (Å²) in [5, 5.41) is 5.94. The van der Waals surface area contributed by atoms with Crippen molar-refractivity contribution in [1.82, 2.24) is 4.98 Å². The standard InChI is InChI=1S/C19H18N2/c1-2-17-13-20-11-10-18(17)19(3-1)21-12-14-4-6-15(7-5-14)16-8-9-16/h1-7,10-11,13,16,21H,8-9,12H2. The summed E-state index contributed by atoms with van der Waals surface area (Å²) in [4.78, 5) is 4.18. The Morgan fingerprint density at radius 3 is 2.67 bits per heavy atom. The minimum Gasteiger partial charge on any atom is -0.380 e. The van der Waals surface area contributed by atoms with Crippen molar-refractivity contribution in [2.75, 3.05) is 5.32 Å². The molecule has 0 spiro atoms. The summed E-state index contributed by atoms with van der Waals surface area (Å²) in [5.41, 5.74) is 3.99. The molecule has 0 radical (unpaired) electrons. The summed E-state index contributed by atoms with van der Waals surface area (Å²) in [5.74, 6) is 0.831. The molecule has 2 heteroatoms. The highest BCUT2D eigenvalue weighted by atomic mass is 14.9. The summed E-state index contributed by atoms with van der Waals surface area (Å²) < 4.78 is 0. The van der Waals surface area contributed by atoms with Crippen molar-refractivity contribution in [3.8, 4) is 0 Å². The van der Waals surface area contributed by atoms with E-state index < -0.39 is 0 Å². The van der Waals surface area contributed by atoms with Gasteiger partial charge in [-0.25, -0.2) is 0 Å². The van der Waals surface area contributed by atoms with E-state index in [1.807, 2.05) is 12.4 Å². The molecule has 21 heavy (non-hydrogen) atoms. The maximum absolute atomic E-state index is 4.18. The second-order valence-corrected chi connectivity index (χ2v) is 5.77. The fourth-order valence-electron chi connectivity index (χ4n) is 2.80. The molecule has 1 aromatic heterocycles. The van der Waals surface area contributed by atoms with Gasteiger partial charge in [0.15, 0.2) is 0 Å². The van der Waals surface area contributed by atoms with E-state index >= 15 is 0 Å². The molecule has 2 aromatic carbocycles. The van der Waals surface area contributed by atoms with Gasteiger partial charge in [0.1, 0.15) is 0 Å². The lowest BCUT2D eigenvalue weighted by Crippen LogP contribution is -2.00. The van der Waals surface area contributed by atoms with Crippen LogP contribution in [0.3, 0.4) is 0 Å². The van der Waals surface area contributed by atoms with Crippen LogP contribution in [0.4, 0.5) is 5.69 Å². The number of pyridine rings is 1. The van der Waals surface area contributed by atoms with Crippen LogP contribution in [0.2, 0.25) is 0 Å². The van der Waals surface area contributed by atoms with Gasteiger partial charge in [-0.15, -0.1) is 0 Å². The van der Waals surface area contributed by atoms with Crippen LogP contribution in [-0.2, 0) is 6.54 Å². The Hall–Kier alpha value is -2.35. The van der Waals surface area contributed by atoms with Gasteiger partial charge in [0.2, 0.25) is 0 Å². The summed E-state index contributed by atoms with van der Waals surface area (Å²) in [6, 6.07) is 17.4. The van der Waals surface area contributed by atoms with Gasteiger partial charge in [0.25, 0.3) is 0 Å². The van der Waals surface area contributed by atoms with E-state index in [-0.39, 0.29) is 0 Å². The maximum atomic E-state index is 4.18. The molecule has 0 aliphatic heterocycles. The maximum Gasteiger partial charge on any atom is 0.0423 e. The van der Waals surface area contributed by atoms with Crippen LogP contribution >= 0.6 is 0 Å². The van der Waals surface area contributed by atoms with Crippen LogP contribution in [-0.4, -0.2) is 4.98 Å². The highest BCUT2D eigenvalue weighted by molar-refractivity contribution is 5.93. The van der Waals surface area contributed by atoms with E-state index in [1.54, 1.807) is 0 Å². The highest BCUT2D eigenvalue weighted by Crippen LogP contribution is 2.39. The fraction of sp³-hybridized carbons (Fsp3) is 0.211. The van der Waals surface area contributed by atoms with Gasteiger partial charge < -0.3 is 5.32 Å². The predicted octanol–water partition coefficient (Wildman–Crippen LogP) is 4.72. The Morgan fingerprint density at radius 1 is 1.00 bits per heavy atom. The Kier molecular flexibility index (Phi) is 3.07. The van der Waals surface area contributed by atoms with Crippen molar-refractivity contribution in [3.05, 3.63) is 72.1 Å². The SMILES string of the molecule is c1cc(NCc2ccc(C3CC3)cc2)c2ccncc2c1. The molecule has 0 bridgehead atoms. The first-order valence-electron chi connectivity index (χ1n) is 7.55. The molecule has 1 heterocycles. The monoisotopic (exact) mass is 274 g/mol. The fourth-order valence-corrected chi connectivity index (χ4v) is 2.80. The van der Waals surface area contributed by atoms with Gasteiger partial charge in [-0.3, -0.25) is 4.98 Å². The molecule has 1 N–H and O–H groups in total. The number of rotatable bonds is 4. The molecular formula is C19H18N2. The van der Waals surface area contributed by atoms with E-state index in [1.165, 1.54) is 40.4 Å². The molecule has 0 unspecified atom stereocenters. The molecular weight excluding hydrogens is 256 g/mol. The number of fused-ring (bicyclic) bond motifs is 1. The van der Waals surface area contributed by atoms with Gasteiger partial charge in [0, 0.05) is 35.4 Å². The average Bonchev–Trinajstić information content (AvgIpc) is 3.38. The molecule has 104 valence electrons. The van der Waals surface area contributed by atoms with Crippen molar-refractivity contribution in [1.29, 1.82) is 0 Å². The van der Waals surface area contributed by atoms with Gasteiger partial charge in [0.05, 0.1) is 0 Å². The number of benzene rings is 2. The third kappa shape index (κ3) is 2.62. The second kappa shape index (κ2) is 5.21. The van der Waals surface area contributed by atoms with Crippen molar-refractivity contribution >= 4 is 16.5 Å². The topological polar surface area (TPSA) is 24.9 Å². The van der Waals surface area contributed by atoms with Crippen LogP contribution in [0.25, 0.3) is 10.8 Å². The predicted molar refractivity (Wildman–Crippen MR) is 87.5 cm³/mol. The van der Waals surface area contributed by atoms with E-state index in [2.05, 4.69) is 58.8 Å². The minimum atomic E-state index is 0.831. The Balaban J connectivity index is 1.52. The smallest absolute Gasteiger partial charge is 0.0423 e. The van der Waals surface area contributed by atoms with Crippen LogP contribution in [0.1, 0.15) is 29.9 Å². The van der Waals surface area contributed by atoms with Crippen molar-refractivity contribution in [2.24, 2.45) is 0 Å². The third-order valence-electron chi connectivity index (χ3n) is 4.19. The minimum absolute atomic E-state index is 0.831. The molecule has 0 atom stereocenters. The number of anilines is 1. The number of hydrogen-bond acceptors (Lipinski definition) is 2. The zero-order valence-corrected chi connectivity index (χ0v) is 11.9. The van der Waals surface area contributed by atoms with Crippen molar-refractivity contribution in [2.45, 2.75) is 25.3 Å². The van der Waals surface area contributed by atoms with Gasteiger partial charge in [-0.2, -0.15) is 0 Å². The normalized spacial score (nSPS) is 14.3. The zero-order chi connectivity index (χ0) is 14.1. The zero-order valence-electron chi connectivity index (χ0n) is 11.9. The molecule has 1 aliphatic rings. The number of hydrogen-bond donors (Lipinski definition) is 1. The first-order chi connectivity index (χ1) is 10.4. The lowest BCUT2D eigenvalue weighted by Gasteiger charge is -2.10. The van der Waals surface area contributed by atoms with E-state index in [4.69, 9.17) is 0 Å². The Morgan fingerprint density at radius 2 is 1.86 bits per heavy atom. The van der Waals surface area contributed by atoms with Gasteiger partial charge in [-0.05, 0) is 42.0 Å². The summed E-state index contributed by atoms with van der Waals surface area (Å²) >= 11 is 0. The summed E-state index contributed by atoms with van der Waals surface area (Å²) in [6.07, 6.45) is 6.48. The molecule has 2 nitrogen and oxygen atoms in total. The average molecular weight is 274 g/mol. The number of aromatic nitrogens is 1. The number of nitrogens with zero attached hydrogens (tertiary/aromatic N) is 1. The largest absolute Gasteiger partial charge is 0.380 e. The summed E-state index contributed by atoms with van der Waals surface area (Å²) in [7, 11) is 0. The van der Waals surface area contributed by atoms with Crippen LogP contribution in [0.15, 0.2) is 60.9 Å². The highest BCUT2D eigenvalue weighted by Gasteiger charge is 2.22. The van der Waals surface area contributed by atoms with Crippen molar-refractivity contribution < 1.29 is 0 Å². The second-order valence-electron chi connectivity index (χ2n) is 5.77. The van der Waals surface area contributed by atoms with Crippen molar-refractivity contribution in [3.63, 3.8) is 0 Å². The molecule has 1 fully saturated rings. The first-order valence-corrected chi connectivity index (χ1v) is 7.55. The Bertz CT molecular complexity index is 753. The van der Waals surface area contributed by atoms with Gasteiger partial charge in [-0.1, -0.05) is 36.4 Å². The number of nitrogens with one attached hydrogen (secondary N) is 1. The molecule has 0 saturated heterocycles. The third-order valence-corrected chi connectivity index (χ3v) is 4.19. The van der Waals surface area contributed by atoms with E-state index in [9.17, 15) is 0 Å².